The molecule has 1 atom stereocenters. The van der Waals surface area contributed by atoms with Gasteiger partial charge in [0.2, 0.25) is 0 Å². The average molecular weight is 230 g/mol. The van der Waals surface area contributed by atoms with Gasteiger partial charge in [0.1, 0.15) is 5.54 Å². The van der Waals surface area contributed by atoms with Crippen molar-refractivity contribution in [1.82, 2.24) is 10.2 Å². The smallest absolute Gasteiger partial charge is 0.360 e. The first-order valence-electron chi connectivity index (χ1n) is 5.01. The Kier molecular flexibility index (Phi) is 2.32. The quantitative estimate of drug-likeness (QED) is 0.525. The van der Waals surface area contributed by atoms with Crippen LogP contribution < -0.4 is 5.32 Å². The molecule has 6 nitrogen and oxygen atoms in total. The predicted molar refractivity (Wildman–Crippen MR) is 49.1 cm³/mol. The molecule has 2 rings (SSSR count). The summed E-state index contributed by atoms with van der Waals surface area (Å²) in [6, 6.07) is -0.957. The first-order valence-corrected chi connectivity index (χ1v) is 5.01. The molecule has 0 aromatic heterocycles. The summed E-state index contributed by atoms with van der Waals surface area (Å²) in [5, 5.41) is 10.9. The number of carbonyl (C=O) groups excluding carboxylic acids is 2. The van der Waals surface area contributed by atoms with E-state index in [1.54, 1.807) is 0 Å². The van der Waals surface area contributed by atoms with E-state index in [0.29, 0.717) is 12.8 Å². The molecule has 0 bridgehead atoms. The Balaban J connectivity index is 2.26. The van der Waals surface area contributed by atoms with Crippen molar-refractivity contribution in [3.8, 4) is 0 Å². The topological polar surface area (TPSA) is 86.7 Å². The van der Waals surface area contributed by atoms with E-state index in [1.165, 1.54) is 0 Å². The van der Waals surface area contributed by atoms with E-state index in [4.69, 9.17) is 5.11 Å². The second kappa shape index (κ2) is 3.43. The van der Waals surface area contributed by atoms with Crippen LogP contribution in [0.25, 0.3) is 0 Å². The average Bonchev–Trinajstić information content (AvgIpc) is 2.75. The number of nitrogens with zero attached hydrogens (tertiary/aromatic N) is 1. The van der Waals surface area contributed by atoms with Crippen LogP contribution in [0.4, 0.5) is 9.18 Å². The van der Waals surface area contributed by atoms with E-state index >= 15 is 0 Å². The van der Waals surface area contributed by atoms with E-state index in [-0.39, 0.29) is 4.90 Å². The van der Waals surface area contributed by atoms with Gasteiger partial charge in [-0.2, -0.15) is 0 Å². The van der Waals surface area contributed by atoms with Gasteiger partial charge in [0.25, 0.3) is 12.2 Å². The maximum absolute atomic E-state index is 13.2. The van der Waals surface area contributed by atoms with Crippen LogP contribution in [0.15, 0.2) is 0 Å². The number of urea groups is 1. The fraction of sp³-hybridized carbons (Fsp3) is 0.667. The Morgan fingerprint density at radius 2 is 2.00 bits per heavy atom. The van der Waals surface area contributed by atoms with Crippen molar-refractivity contribution in [2.24, 2.45) is 0 Å². The van der Waals surface area contributed by atoms with Crippen LogP contribution in [-0.4, -0.2) is 39.7 Å². The highest BCUT2D eigenvalue weighted by molar-refractivity contribution is 6.09. The van der Waals surface area contributed by atoms with E-state index < -0.39 is 29.7 Å². The Morgan fingerprint density at radius 3 is 2.50 bits per heavy atom. The molecule has 1 saturated carbocycles. The van der Waals surface area contributed by atoms with Crippen LogP contribution in [0.3, 0.4) is 0 Å². The Bertz CT molecular complexity index is 365. The van der Waals surface area contributed by atoms with Gasteiger partial charge in [-0.1, -0.05) is 12.8 Å². The van der Waals surface area contributed by atoms with E-state index in [0.717, 1.165) is 12.8 Å². The van der Waals surface area contributed by atoms with Crippen molar-refractivity contribution >= 4 is 17.9 Å². The molecule has 3 amide bonds. The molecule has 2 aliphatic rings. The van der Waals surface area contributed by atoms with Gasteiger partial charge >= 0.3 is 12.0 Å². The van der Waals surface area contributed by atoms with Gasteiger partial charge in [0.15, 0.2) is 0 Å². The standard InChI is InChI=1S/C9H11FN2O4/c10-5(6(13)14)12-7(15)9(11-8(12)16)3-1-2-4-9/h5H,1-4H2,(H,11,16)(H,13,14). The van der Waals surface area contributed by atoms with Crippen LogP contribution in [0.5, 0.6) is 0 Å². The van der Waals surface area contributed by atoms with Crippen LogP contribution in [0, 0.1) is 0 Å². The number of carboxylic acids is 1. The summed E-state index contributed by atoms with van der Waals surface area (Å²) in [7, 11) is 0. The summed E-state index contributed by atoms with van der Waals surface area (Å²) < 4.78 is 13.2. The van der Waals surface area contributed by atoms with Gasteiger partial charge in [-0.3, -0.25) is 4.79 Å². The van der Waals surface area contributed by atoms with Crippen molar-refractivity contribution in [2.45, 2.75) is 37.5 Å². The summed E-state index contributed by atoms with van der Waals surface area (Å²) in [4.78, 5) is 33.8. The second-order valence-electron chi connectivity index (χ2n) is 4.07. The summed E-state index contributed by atoms with van der Waals surface area (Å²) in [6.45, 7) is 0. The molecule has 1 spiro atoms. The van der Waals surface area contributed by atoms with E-state index in [9.17, 15) is 18.8 Å². The zero-order valence-electron chi connectivity index (χ0n) is 8.40. The summed E-state index contributed by atoms with van der Waals surface area (Å²) in [5.74, 6) is -2.59. The molecule has 0 aromatic carbocycles. The summed E-state index contributed by atoms with van der Waals surface area (Å²) in [5.41, 5.74) is -1.06. The molecule has 1 aliphatic heterocycles. The molecule has 7 heteroatoms. The Morgan fingerprint density at radius 1 is 1.44 bits per heavy atom. The monoisotopic (exact) mass is 230 g/mol. The fourth-order valence-corrected chi connectivity index (χ4v) is 2.27. The number of imide groups is 1. The lowest BCUT2D eigenvalue weighted by molar-refractivity contribution is -0.154. The molecular formula is C9H11FN2O4. The normalized spacial score (nSPS) is 24.9. The number of carboxylic acid groups (broad SMARTS) is 1. The highest BCUT2D eigenvalue weighted by Gasteiger charge is 2.55. The summed E-state index contributed by atoms with van der Waals surface area (Å²) >= 11 is 0. The van der Waals surface area contributed by atoms with Gasteiger partial charge in [0.05, 0.1) is 0 Å². The molecule has 1 heterocycles. The molecule has 1 aliphatic carbocycles. The lowest BCUT2D eigenvalue weighted by atomic mass is 9.98. The van der Waals surface area contributed by atoms with Gasteiger partial charge in [-0.25, -0.2) is 18.9 Å². The number of alkyl halides is 1. The highest BCUT2D eigenvalue weighted by atomic mass is 19.1. The molecule has 1 unspecified atom stereocenters. The highest BCUT2D eigenvalue weighted by Crippen LogP contribution is 2.35. The minimum Gasteiger partial charge on any atom is -0.478 e. The van der Waals surface area contributed by atoms with Crippen LogP contribution in [-0.2, 0) is 9.59 Å². The molecule has 88 valence electrons. The van der Waals surface area contributed by atoms with Crippen molar-refractivity contribution in [1.29, 1.82) is 0 Å². The van der Waals surface area contributed by atoms with Crippen LogP contribution >= 0.6 is 0 Å². The van der Waals surface area contributed by atoms with Gasteiger partial charge in [0, 0.05) is 0 Å². The first-order chi connectivity index (χ1) is 7.48. The molecule has 2 N–H and O–H groups in total. The predicted octanol–water partition coefficient (Wildman–Crippen LogP) is 0.231. The molecular weight excluding hydrogens is 219 g/mol. The third-order valence-corrected chi connectivity index (χ3v) is 3.08. The maximum atomic E-state index is 13.2. The number of amides is 3. The molecule has 0 aromatic rings. The van der Waals surface area contributed by atoms with Gasteiger partial charge < -0.3 is 10.4 Å². The number of nitrogens with one attached hydrogen (secondary N) is 1. The third-order valence-electron chi connectivity index (χ3n) is 3.08. The molecule has 1 saturated heterocycles. The number of carbonyl (C=O) groups is 3. The minimum absolute atomic E-state index is 0.160. The minimum atomic E-state index is -2.60. The van der Waals surface area contributed by atoms with E-state index in [1.807, 2.05) is 0 Å². The fourth-order valence-electron chi connectivity index (χ4n) is 2.27. The van der Waals surface area contributed by atoms with E-state index in [2.05, 4.69) is 5.32 Å². The van der Waals surface area contributed by atoms with Crippen LogP contribution in [0.2, 0.25) is 0 Å². The first kappa shape index (κ1) is 10.8. The number of hydrogen-bond donors (Lipinski definition) is 2. The Labute approximate surface area is 90.4 Å². The Hall–Kier alpha value is -1.66. The van der Waals surface area contributed by atoms with Gasteiger partial charge in [-0.15, -0.1) is 0 Å². The zero-order chi connectivity index (χ0) is 11.9. The van der Waals surface area contributed by atoms with Crippen LogP contribution in [0.1, 0.15) is 25.7 Å². The van der Waals surface area contributed by atoms with Crippen molar-refractivity contribution in [2.75, 3.05) is 0 Å². The molecule has 16 heavy (non-hydrogen) atoms. The van der Waals surface area contributed by atoms with Crippen molar-refractivity contribution in [3.63, 3.8) is 0 Å². The van der Waals surface area contributed by atoms with Crippen molar-refractivity contribution < 1.29 is 23.9 Å². The summed E-state index contributed by atoms with van der Waals surface area (Å²) in [6.07, 6.45) is -0.179. The lowest BCUT2D eigenvalue weighted by Crippen LogP contribution is -2.46. The van der Waals surface area contributed by atoms with Gasteiger partial charge in [-0.05, 0) is 12.8 Å². The second-order valence-corrected chi connectivity index (χ2v) is 4.07. The number of rotatable bonds is 2. The van der Waals surface area contributed by atoms with Crippen molar-refractivity contribution in [3.05, 3.63) is 0 Å². The number of hydrogen-bond acceptors (Lipinski definition) is 3. The maximum Gasteiger partial charge on any atom is 0.360 e. The largest absolute Gasteiger partial charge is 0.478 e. The molecule has 2 fully saturated rings. The molecule has 0 radical (unpaired) electrons. The lowest BCUT2D eigenvalue weighted by Gasteiger charge is -2.20. The third kappa shape index (κ3) is 1.35. The number of aliphatic carboxylic acids is 1. The number of halogens is 1. The zero-order valence-corrected chi connectivity index (χ0v) is 8.40. The SMILES string of the molecule is O=C(O)C(F)N1C(=O)NC2(CCCC2)C1=O.